The van der Waals surface area contributed by atoms with Gasteiger partial charge in [0.25, 0.3) is 0 Å². The van der Waals surface area contributed by atoms with Gasteiger partial charge in [0.15, 0.2) is 5.78 Å². The van der Waals surface area contributed by atoms with E-state index in [4.69, 9.17) is 11.6 Å². The number of Topliss-reactive ketones (excluding diaryl/α,β-unsaturated/α-hetero) is 1. The molecule has 5 heteroatoms. The van der Waals surface area contributed by atoms with Crippen LogP contribution in [0.4, 0.5) is 0 Å². The maximum Gasteiger partial charge on any atom is 0.356 e. The largest absolute Gasteiger partial charge is 0.464 e. The number of rotatable bonds is 3. The summed E-state index contributed by atoms with van der Waals surface area (Å²) in [6, 6.07) is 2.95. The molecule has 0 aromatic carbocycles. The molecule has 0 aliphatic heterocycles. The number of hydrogen-bond donors (Lipinski definition) is 0. The van der Waals surface area contributed by atoms with E-state index in [0.717, 1.165) is 0 Å². The fourth-order valence-electron chi connectivity index (χ4n) is 1.07. The number of nitrogens with zero attached hydrogens (tertiary/aromatic N) is 1. The van der Waals surface area contributed by atoms with Gasteiger partial charge in [-0.25, -0.2) is 9.78 Å². The number of carbonyl (C=O) groups is 2. The molecule has 0 N–H and O–H groups in total. The third-order valence-corrected chi connectivity index (χ3v) is 2.09. The van der Waals surface area contributed by atoms with Crippen LogP contribution >= 0.6 is 11.6 Å². The zero-order valence-corrected chi connectivity index (χ0v) is 9.17. The SMILES string of the molecule is COC(=O)c1cc(C(C)=O)cc(CCl)n1. The van der Waals surface area contributed by atoms with E-state index in [1.165, 1.54) is 20.1 Å². The number of hydrogen-bond acceptors (Lipinski definition) is 4. The third kappa shape index (κ3) is 2.76. The van der Waals surface area contributed by atoms with E-state index in [1.807, 2.05) is 0 Å². The van der Waals surface area contributed by atoms with Crippen molar-refractivity contribution < 1.29 is 14.3 Å². The Kier molecular flexibility index (Phi) is 3.80. The van der Waals surface area contributed by atoms with Crippen molar-refractivity contribution in [2.75, 3.05) is 7.11 Å². The van der Waals surface area contributed by atoms with Crippen LogP contribution in [0.15, 0.2) is 12.1 Å². The molecule has 0 amide bonds. The van der Waals surface area contributed by atoms with Gasteiger partial charge in [-0.05, 0) is 19.1 Å². The summed E-state index contributed by atoms with van der Waals surface area (Å²) >= 11 is 5.60. The Morgan fingerprint density at radius 3 is 2.60 bits per heavy atom. The summed E-state index contributed by atoms with van der Waals surface area (Å²) in [7, 11) is 1.25. The van der Waals surface area contributed by atoms with E-state index in [-0.39, 0.29) is 17.4 Å². The number of carbonyl (C=O) groups excluding carboxylic acids is 2. The van der Waals surface area contributed by atoms with E-state index in [1.54, 1.807) is 6.07 Å². The van der Waals surface area contributed by atoms with Crippen molar-refractivity contribution in [3.63, 3.8) is 0 Å². The molecule has 0 unspecified atom stereocenters. The van der Waals surface area contributed by atoms with Crippen LogP contribution in [0.2, 0.25) is 0 Å². The highest BCUT2D eigenvalue weighted by Gasteiger charge is 2.12. The lowest BCUT2D eigenvalue weighted by atomic mass is 10.1. The van der Waals surface area contributed by atoms with Crippen molar-refractivity contribution in [1.82, 2.24) is 4.98 Å². The molecule has 1 heterocycles. The minimum atomic E-state index is -0.579. The molecule has 1 aromatic rings. The van der Waals surface area contributed by atoms with Crippen LogP contribution in [0.5, 0.6) is 0 Å². The molecular formula is C10H10ClNO3. The minimum absolute atomic E-state index is 0.0980. The Balaban J connectivity index is 3.23. The lowest BCUT2D eigenvalue weighted by Gasteiger charge is -2.03. The summed E-state index contributed by atoms with van der Waals surface area (Å²) in [6.07, 6.45) is 0. The smallest absolute Gasteiger partial charge is 0.356 e. The molecule has 15 heavy (non-hydrogen) atoms. The minimum Gasteiger partial charge on any atom is -0.464 e. The number of aromatic nitrogens is 1. The summed E-state index contributed by atoms with van der Waals surface area (Å²) < 4.78 is 4.51. The molecule has 0 spiro atoms. The van der Waals surface area contributed by atoms with Crippen LogP contribution < -0.4 is 0 Å². The van der Waals surface area contributed by atoms with Crippen LogP contribution in [-0.4, -0.2) is 23.8 Å². The quantitative estimate of drug-likeness (QED) is 0.449. The number of esters is 1. The van der Waals surface area contributed by atoms with Gasteiger partial charge in [0.05, 0.1) is 18.7 Å². The molecule has 80 valence electrons. The average molecular weight is 228 g/mol. The van der Waals surface area contributed by atoms with Gasteiger partial charge in [-0.1, -0.05) is 0 Å². The molecule has 1 aromatic heterocycles. The molecule has 0 bridgehead atoms. The zero-order valence-electron chi connectivity index (χ0n) is 8.41. The standard InChI is InChI=1S/C10H10ClNO3/c1-6(13)7-3-8(5-11)12-9(4-7)10(14)15-2/h3-4H,5H2,1-2H3. The normalized spacial score (nSPS) is 9.80. The Morgan fingerprint density at radius 1 is 1.47 bits per heavy atom. The van der Waals surface area contributed by atoms with Crippen molar-refractivity contribution >= 4 is 23.4 Å². The molecule has 4 nitrogen and oxygen atoms in total. The number of ketones is 1. The molecular weight excluding hydrogens is 218 g/mol. The van der Waals surface area contributed by atoms with Crippen molar-refractivity contribution in [3.05, 3.63) is 29.1 Å². The summed E-state index contributed by atoms with van der Waals surface area (Å²) in [4.78, 5) is 26.3. The first-order valence-electron chi connectivity index (χ1n) is 4.24. The second-order valence-corrected chi connectivity index (χ2v) is 3.18. The number of pyridine rings is 1. The average Bonchev–Trinajstić information content (AvgIpc) is 2.27. The van der Waals surface area contributed by atoms with Crippen LogP contribution in [0, 0.1) is 0 Å². The Bertz CT molecular complexity index is 404. The van der Waals surface area contributed by atoms with Gasteiger partial charge in [-0.3, -0.25) is 4.79 Å². The molecule has 0 aliphatic carbocycles. The van der Waals surface area contributed by atoms with Gasteiger partial charge in [-0.15, -0.1) is 11.6 Å². The first-order valence-corrected chi connectivity index (χ1v) is 4.78. The monoisotopic (exact) mass is 227 g/mol. The molecule has 1 rings (SSSR count). The number of ether oxygens (including phenoxy) is 1. The predicted molar refractivity (Wildman–Crippen MR) is 55.1 cm³/mol. The first kappa shape index (κ1) is 11.7. The molecule has 0 saturated heterocycles. The van der Waals surface area contributed by atoms with E-state index < -0.39 is 5.97 Å². The van der Waals surface area contributed by atoms with Crippen LogP contribution in [0.3, 0.4) is 0 Å². The predicted octanol–water partition coefficient (Wildman–Crippen LogP) is 1.81. The van der Waals surface area contributed by atoms with Crippen molar-refractivity contribution in [1.29, 1.82) is 0 Å². The van der Waals surface area contributed by atoms with Crippen molar-refractivity contribution in [3.8, 4) is 0 Å². The summed E-state index contributed by atoms with van der Waals surface area (Å²) in [5.41, 5.74) is 0.978. The Labute approximate surface area is 92.2 Å². The maximum atomic E-state index is 11.2. The van der Waals surface area contributed by atoms with Crippen LogP contribution in [0.1, 0.15) is 33.5 Å². The molecule has 0 atom stereocenters. The zero-order chi connectivity index (χ0) is 11.4. The molecule has 0 radical (unpaired) electrons. The summed E-state index contributed by atoms with van der Waals surface area (Å²) in [5.74, 6) is -0.580. The lowest BCUT2D eigenvalue weighted by Crippen LogP contribution is -2.08. The number of methoxy groups -OCH3 is 1. The Morgan fingerprint density at radius 2 is 2.13 bits per heavy atom. The van der Waals surface area contributed by atoms with Crippen molar-refractivity contribution in [2.24, 2.45) is 0 Å². The summed E-state index contributed by atoms with van der Waals surface area (Å²) in [5, 5.41) is 0. The second-order valence-electron chi connectivity index (χ2n) is 2.91. The maximum absolute atomic E-state index is 11.2. The van der Waals surface area contributed by atoms with Crippen LogP contribution in [-0.2, 0) is 10.6 Å². The van der Waals surface area contributed by atoms with Gasteiger partial charge in [-0.2, -0.15) is 0 Å². The highest BCUT2D eigenvalue weighted by atomic mass is 35.5. The topological polar surface area (TPSA) is 56.3 Å². The molecule has 0 saturated carbocycles. The van der Waals surface area contributed by atoms with Crippen molar-refractivity contribution in [2.45, 2.75) is 12.8 Å². The summed E-state index contributed by atoms with van der Waals surface area (Å²) in [6.45, 7) is 1.41. The highest BCUT2D eigenvalue weighted by Crippen LogP contribution is 2.10. The van der Waals surface area contributed by atoms with Gasteiger partial charge in [0.1, 0.15) is 5.69 Å². The van der Waals surface area contributed by atoms with E-state index in [2.05, 4.69) is 9.72 Å². The lowest BCUT2D eigenvalue weighted by molar-refractivity contribution is 0.0593. The first-order chi connectivity index (χ1) is 7.08. The van der Waals surface area contributed by atoms with Gasteiger partial charge < -0.3 is 4.74 Å². The van der Waals surface area contributed by atoms with E-state index >= 15 is 0 Å². The Hall–Kier alpha value is -1.42. The van der Waals surface area contributed by atoms with Gasteiger partial charge >= 0.3 is 5.97 Å². The number of alkyl halides is 1. The second kappa shape index (κ2) is 4.89. The fraction of sp³-hybridized carbons (Fsp3) is 0.300. The third-order valence-electron chi connectivity index (χ3n) is 1.82. The van der Waals surface area contributed by atoms with Crippen LogP contribution in [0.25, 0.3) is 0 Å². The number of halogens is 1. The molecule has 0 fully saturated rings. The van der Waals surface area contributed by atoms with E-state index in [0.29, 0.717) is 11.3 Å². The highest BCUT2D eigenvalue weighted by molar-refractivity contribution is 6.17. The van der Waals surface area contributed by atoms with E-state index in [9.17, 15) is 9.59 Å². The fourth-order valence-corrected chi connectivity index (χ4v) is 1.21. The van der Waals surface area contributed by atoms with Gasteiger partial charge in [0, 0.05) is 5.56 Å². The molecule has 0 aliphatic rings. The van der Waals surface area contributed by atoms with Gasteiger partial charge in [0.2, 0.25) is 0 Å².